The van der Waals surface area contributed by atoms with Gasteiger partial charge in [0, 0.05) is 29.6 Å². The smallest absolute Gasteiger partial charge is 0.371 e. The molecule has 1 aromatic rings. The van der Waals surface area contributed by atoms with Gasteiger partial charge in [0.25, 0.3) is 0 Å². The zero-order chi connectivity index (χ0) is 26.5. The highest BCUT2D eigenvalue weighted by Gasteiger charge is 2.90. The number of benzene rings is 1. The van der Waals surface area contributed by atoms with Gasteiger partial charge < -0.3 is 4.90 Å². The van der Waals surface area contributed by atoms with Gasteiger partial charge in [-0.25, -0.2) is 0 Å². The van der Waals surface area contributed by atoms with Crippen LogP contribution < -0.4 is 4.90 Å². The molecule has 1 saturated heterocycles. The second-order valence-electron chi connectivity index (χ2n) is 8.12. The molecule has 1 aromatic carbocycles. The molecule has 1 fully saturated rings. The first-order chi connectivity index (χ1) is 15.1. The Balaban J connectivity index is 2.35. The van der Waals surface area contributed by atoms with Gasteiger partial charge in [-0.05, 0) is 30.9 Å². The van der Waals surface area contributed by atoms with E-state index in [0.717, 1.165) is 5.56 Å². The maximum Gasteiger partial charge on any atom is 0.460 e. The number of nitrogens with zero attached hydrogens (tertiary/aromatic N) is 1. The van der Waals surface area contributed by atoms with Crippen molar-refractivity contribution in [3.8, 4) is 0 Å². The first kappa shape index (κ1) is 29.1. The molecule has 1 nitrogen and oxygen atoms in total. The molecule has 1 aliphatic rings. The van der Waals surface area contributed by atoms with Crippen LogP contribution in [0.5, 0.6) is 0 Å². The normalized spacial score (nSPS) is 21.3. The number of halogens is 14. The van der Waals surface area contributed by atoms with Gasteiger partial charge >= 0.3 is 35.8 Å². The van der Waals surface area contributed by atoms with Crippen LogP contribution in [0, 0.1) is 18.8 Å². The predicted molar refractivity (Wildman–Crippen MR) is 105 cm³/mol. The number of rotatable bonds is 8. The van der Waals surface area contributed by atoms with E-state index in [9.17, 15) is 57.1 Å². The van der Waals surface area contributed by atoms with E-state index in [2.05, 4.69) is 0 Å². The zero-order valence-electron chi connectivity index (χ0n) is 17.0. The molecule has 0 bridgehead atoms. The van der Waals surface area contributed by atoms with Crippen LogP contribution in [0.2, 0.25) is 0 Å². The number of anilines is 1. The van der Waals surface area contributed by atoms with Crippen molar-refractivity contribution < 1.29 is 57.1 Å². The Hall–Kier alpha value is -1.16. The summed E-state index contributed by atoms with van der Waals surface area (Å²) in [5.41, 5.74) is 1.30. The highest BCUT2D eigenvalue weighted by atomic mass is 127. The van der Waals surface area contributed by atoms with Crippen LogP contribution in [0.1, 0.15) is 12.0 Å². The highest BCUT2D eigenvalue weighted by molar-refractivity contribution is 14.1. The summed E-state index contributed by atoms with van der Waals surface area (Å²) >= 11 is 1.71. The Morgan fingerprint density at radius 2 is 1.15 bits per heavy atom. The lowest BCUT2D eigenvalue weighted by atomic mass is 9.85. The van der Waals surface area contributed by atoms with E-state index in [1.807, 2.05) is 0 Å². The first-order valence-corrected chi connectivity index (χ1v) is 11.0. The summed E-state index contributed by atoms with van der Waals surface area (Å²) in [4.78, 5) is 1.46. The molecule has 0 spiro atoms. The van der Waals surface area contributed by atoms with Crippen molar-refractivity contribution in [2.75, 3.05) is 22.4 Å². The molecule has 2 atom stereocenters. The molecule has 15 heteroatoms. The summed E-state index contributed by atoms with van der Waals surface area (Å²) in [5.74, 6) is -38.9. The van der Waals surface area contributed by atoms with Crippen molar-refractivity contribution in [2.24, 2.45) is 11.8 Å². The summed E-state index contributed by atoms with van der Waals surface area (Å²) in [6, 6.07) is 6.44. The Morgan fingerprint density at radius 3 is 1.59 bits per heavy atom. The second-order valence-corrected chi connectivity index (χ2v) is 9.00. The minimum absolute atomic E-state index is 0.0109. The Morgan fingerprint density at radius 1 is 0.706 bits per heavy atom. The molecule has 0 amide bonds. The van der Waals surface area contributed by atoms with Crippen molar-refractivity contribution in [1.82, 2.24) is 0 Å². The summed E-state index contributed by atoms with van der Waals surface area (Å²) in [6.45, 7) is 1.37. The van der Waals surface area contributed by atoms with Crippen molar-refractivity contribution in [3.05, 3.63) is 29.8 Å². The summed E-state index contributed by atoms with van der Waals surface area (Å²) < 4.78 is 174. The van der Waals surface area contributed by atoms with Crippen LogP contribution in [0.3, 0.4) is 0 Å². The molecular formula is C19H17F13IN. The van der Waals surface area contributed by atoms with E-state index in [4.69, 9.17) is 0 Å². The predicted octanol–water partition coefficient (Wildman–Crippen LogP) is 7.61. The lowest BCUT2D eigenvalue weighted by Gasteiger charge is -2.40. The molecular weight excluding hydrogens is 616 g/mol. The number of alkyl halides is 14. The number of hydrogen-bond acceptors (Lipinski definition) is 1. The van der Waals surface area contributed by atoms with E-state index < -0.39 is 54.0 Å². The lowest BCUT2D eigenvalue weighted by Crippen LogP contribution is -2.70. The maximum absolute atomic E-state index is 14.3. The lowest BCUT2D eigenvalue weighted by molar-refractivity contribution is -0.440. The average Bonchev–Trinajstić information content (AvgIpc) is 3.09. The topological polar surface area (TPSA) is 3.24 Å². The van der Waals surface area contributed by atoms with Crippen molar-refractivity contribution >= 4 is 28.3 Å². The van der Waals surface area contributed by atoms with E-state index in [1.54, 1.807) is 53.8 Å². The molecule has 2 unspecified atom stereocenters. The summed E-state index contributed by atoms with van der Waals surface area (Å²) in [7, 11) is 0. The van der Waals surface area contributed by atoms with E-state index in [0.29, 0.717) is 5.69 Å². The quantitative estimate of drug-likeness (QED) is 0.162. The van der Waals surface area contributed by atoms with Crippen LogP contribution >= 0.6 is 22.6 Å². The van der Waals surface area contributed by atoms with Gasteiger partial charge in [0.05, 0.1) is 0 Å². The van der Waals surface area contributed by atoms with Gasteiger partial charge in [0.2, 0.25) is 0 Å². The van der Waals surface area contributed by atoms with Crippen molar-refractivity contribution in [2.45, 2.75) is 49.1 Å². The molecule has 0 radical (unpaired) electrons. The fraction of sp³-hybridized carbons (Fsp3) is 0.684. The zero-order valence-corrected chi connectivity index (χ0v) is 19.2. The molecule has 196 valence electrons. The first-order valence-electron chi connectivity index (χ1n) is 9.47. The summed E-state index contributed by atoms with van der Waals surface area (Å²) in [5, 5.41) is 0. The fourth-order valence-corrected chi connectivity index (χ4v) is 4.57. The number of hydrogen-bond donors (Lipinski definition) is 0. The van der Waals surface area contributed by atoms with Crippen LogP contribution in [0.15, 0.2) is 24.3 Å². The molecule has 1 heterocycles. The summed E-state index contributed by atoms with van der Waals surface area (Å²) in [6.07, 6.45) is -9.54. The van der Waals surface area contributed by atoms with Crippen molar-refractivity contribution in [3.63, 3.8) is 0 Å². The van der Waals surface area contributed by atoms with Gasteiger partial charge in [0.1, 0.15) is 0 Å². The Kier molecular flexibility index (Phi) is 7.74. The monoisotopic (exact) mass is 633 g/mol. The molecule has 34 heavy (non-hydrogen) atoms. The maximum atomic E-state index is 14.3. The Bertz CT molecular complexity index is 851. The third-order valence-corrected chi connectivity index (χ3v) is 6.82. The van der Waals surface area contributed by atoms with Crippen LogP contribution in [0.25, 0.3) is 0 Å². The van der Waals surface area contributed by atoms with Gasteiger partial charge in [-0.15, -0.1) is 0 Å². The molecule has 0 aromatic heterocycles. The number of aryl methyl sites for hydroxylation is 1. The highest BCUT2D eigenvalue weighted by Crippen LogP contribution is 2.61. The van der Waals surface area contributed by atoms with Gasteiger partial charge in [-0.2, -0.15) is 57.1 Å². The third-order valence-electron chi connectivity index (χ3n) is 5.69. The minimum Gasteiger partial charge on any atom is -0.371 e. The van der Waals surface area contributed by atoms with Gasteiger partial charge in [-0.3, -0.25) is 0 Å². The van der Waals surface area contributed by atoms with Crippen molar-refractivity contribution in [1.29, 1.82) is 0 Å². The molecule has 1 aliphatic heterocycles. The Labute approximate surface area is 198 Å². The molecule has 0 N–H and O–H groups in total. The van der Waals surface area contributed by atoms with E-state index >= 15 is 0 Å². The van der Waals surface area contributed by atoms with Crippen LogP contribution in [0.4, 0.5) is 62.8 Å². The fourth-order valence-electron chi connectivity index (χ4n) is 3.57. The largest absolute Gasteiger partial charge is 0.460 e. The average molecular weight is 633 g/mol. The molecule has 0 aliphatic carbocycles. The SMILES string of the molecule is Cc1ccc(N2CC(CI)C(CC(F)(F)C(F)(F)C(F)(F)C(F)(F)C(F)(F)C(F)(F)F)C2)cc1. The standard InChI is InChI=1S/C19H17F13IN/c1-10-2-4-13(5-3-10)34-8-11(12(7-33)9-34)6-14(20,21)15(22,23)16(24,25)17(26,27)18(28,29)19(30,31)32/h2-5,11-12H,6-9H2,1H3. The third kappa shape index (κ3) is 4.65. The van der Waals surface area contributed by atoms with Crippen LogP contribution in [-0.4, -0.2) is 53.3 Å². The van der Waals surface area contributed by atoms with Gasteiger partial charge in [-0.1, -0.05) is 40.3 Å². The van der Waals surface area contributed by atoms with Crippen LogP contribution in [-0.2, 0) is 0 Å². The van der Waals surface area contributed by atoms with E-state index in [1.165, 1.54) is 4.90 Å². The van der Waals surface area contributed by atoms with Gasteiger partial charge in [0.15, 0.2) is 0 Å². The molecule has 2 rings (SSSR count). The second kappa shape index (κ2) is 9.05. The molecule has 0 saturated carbocycles. The minimum atomic E-state index is -7.86. The van der Waals surface area contributed by atoms with E-state index in [-0.39, 0.29) is 17.5 Å².